The van der Waals surface area contributed by atoms with E-state index in [9.17, 15) is 10.1 Å². The fraction of sp³-hybridized carbons (Fsp3) is 0.750. The van der Waals surface area contributed by atoms with E-state index in [-0.39, 0.29) is 16.7 Å². The van der Waals surface area contributed by atoms with Crippen molar-refractivity contribution in [2.24, 2.45) is 7.05 Å². The Hall–Kier alpha value is -1.63. The number of aromatic nitrogens is 2. The molecular weight excluding hydrogens is 248 g/mol. The summed E-state index contributed by atoms with van der Waals surface area (Å²) in [5, 5.41) is 18.7. The average molecular weight is 268 g/mol. The molecule has 1 N–H and O–H groups in total. The minimum Gasteiger partial charge on any atom is -0.379 e. The van der Waals surface area contributed by atoms with Gasteiger partial charge in [-0.05, 0) is 19.3 Å². The van der Waals surface area contributed by atoms with Crippen LogP contribution in [0.25, 0.3) is 0 Å². The van der Waals surface area contributed by atoms with Crippen molar-refractivity contribution in [3.63, 3.8) is 0 Å². The third kappa shape index (κ3) is 3.04. The minimum atomic E-state index is -0.343. The monoisotopic (exact) mass is 268 g/mol. The molecule has 1 atom stereocenters. The molecule has 1 aromatic heterocycles. The zero-order valence-corrected chi connectivity index (χ0v) is 11.4. The number of aryl methyl sites for hydroxylation is 2. The Balaban J connectivity index is 2.24. The van der Waals surface area contributed by atoms with Crippen LogP contribution in [0.5, 0.6) is 0 Å². The van der Waals surface area contributed by atoms with Crippen LogP contribution in [0.2, 0.25) is 0 Å². The van der Waals surface area contributed by atoms with Crippen LogP contribution < -0.4 is 5.32 Å². The molecular formula is C12H20N4O3. The smallest absolute Gasteiger partial charge is 0.334 e. The van der Waals surface area contributed by atoms with E-state index in [1.54, 1.807) is 11.7 Å². The van der Waals surface area contributed by atoms with Gasteiger partial charge in [-0.1, -0.05) is 13.3 Å². The summed E-state index contributed by atoms with van der Waals surface area (Å²) < 4.78 is 6.95. The fourth-order valence-corrected chi connectivity index (χ4v) is 2.38. The second-order valence-electron chi connectivity index (χ2n) is 4.83. The number of nitrogens with one attached hydrogen (secondary N) is 1. The molecule has 1 unspecified atom stereocenters. The highest BCUT2D eigenvalue weighted by molar-refractivity contribution is 5.60. The van der Waals surface area contributed by atoms with Gasteiger partial charge in [0.2, 0.25) is 5.82 Å². The Bertz CT molecular complexity index is 452. The maximum Gasteiger partial charge on any atom is 0.334 e. The van der Waals surface area contributed by atoms with Gasteiger partial charge in [-0.15, -0.1) is 0 Å². The van der Waals surface area contributed by atoms with Gasteiger partial charge in [-0.25, -0.2) is 4.68 Å². The lowest BCUT2D eigenvalue weighted by Crippen LogP contribution is -2.31. The summed E-state index contributed by atoms with van der Waals surface area (Å²) in [6.45, 7) is 3.35. The van der Waals surface area contributed by atoms with E-state index in [1.165, 1.54) is 0 Å². The Morgan fingerprint density at radius 2 is 2.42 bits per heavy atom. The van der Waals surface area contributed by atoms with Crippen molar-refractivity contribution in [1.29, 1.82) is 0 Å². The number of hydrogen-bond donors (Lipinski definition) is 1. The molecule has 0 aromatic carbocycles. The predicted octanol–water partition coefficient (Wildman–Crippen LogP) is 1.87. The summed E-state index contributed by atoms with van der Waals surface area (Å²) >= 11 is 0. The van der Waals surface area contributed by atoms with Gasteiger partial charge in [0.1, 0.15) is 5.69 Å². The summed E-state index contributed by atoms with van der Waals surface area (Å²) in [6, 6.07) is 0.123. The molecule has 1 aliphatic heterocycles. The van der Waals surface area contributed by atoms with Crippen molar-refractivity contribution in [2.75, 3.05) is 18.5 Å². The lowest BCUT2D eigenvalue weighted by atomic mass is 10.1. The number of rotatable bonds is 5. The first kappa shape index (κ1) is 13.8. The van der Waals surface area contributed by atoms with E-state index in [1.807, 2.05) is 6.92 Å². The van der Waals surface area contributed by atoms with E-state index < -0.39 is 0 Å². The van der Waals surface area contributed by atoms with Crippen molar-refractivity contribution in [1.82, 2.24) is 9.78 Å². The highest BCUT2D eigenvalue weighted by Crippen LogP contribution is 2.30. The molecule has 19 heavy (non-hydrogen) atoms. The van der Waals surface area contributed by atoms with E-state index in [0.717, 1.165) is 25.9 Å². The third-order valence-electron chi connectivity index (χ3n) is 3.26. The molecule has 0 amide bonds. The Morgan fingerprint density at radius 3 is 3.00 bits per heavy atom. The lowest BCUT2D eigenvalue weighted by Gasteiger charge is -2.23. The number of hydrogen-bond acceptors (Lipinski definition) is 5. The number of nitrogens with zero attached hydrogens (tertiary/aromatic N) is 3. The second kappa shape index (κ2) is 6.01. The van der Waals surface area contributed by atoms with Gasteiger partial charge in [0.25, 0.3) is 0 Å². The summed E-state index contributed by atoms with van der Waals surface area (Å²) in [5.74, 6) is 0.490. The quantitative estimate of drug-likeness (QED) is 0.651. The first-order chi connectivity index (χ1) is 9.13. The topological polar surface area (TPSA) is 82.2 Å². The van der Waals surface area contributed by atoms with Gasteiger partial charge in [-0.3, -0.25) is 10.1 Å². The van der Waals surface area contributed by atoms with Gasteiger partial charge in [0.15, 0.2) is 0 Å². The molecule has 7 nitrogen and oxygen atoms in total. The minimum absolute atomic E-state index is 0.106. The van der Waals surface area contributed by atoms with Crippen LogP contribution in [0.15, 0.2) is 0 Å². The van der Waals surface area contributed by atoms with Gasteiger partial charge in [0.05, 0.1) is 17.6 Å². The van der Waals surface area contributed by atoms with Crippen molar-refractivity contribution in [2.45, 2.75) is 38.6 Å². The van der Waals surface area contributed by atoms with Crippen LogP contribution in [0.3, 0.4) is 0 Å². The van der Waals surface area contributed by atoms with E-state index in [4.69, 9.17) is 4.74 Å². The van der Waals surface area contributed by atoms with Gasteiger partial charge in [-0.2, -0.15) is 5.10 Å². The summed E-state index contributed by atoms with van der Waals surface area (Å²) in [6.07, 6.45) is 3.40. The SMILES string of the molecule is CCCc1nn(C)c(NC2CCCOC2)c1[N+](=O)[O-]. The lowest BCUT2D eigenvalue weighted by molar-refractivity contribution is -0.384. The van der Waals surface area contributed by atoms with Crippen LogP contribution in [-0.4, -0.2) is 34.0 Å². The summed E-state index contributed by atoms with van der Waals surface area (Å²) in [7, 11) is 1.73. The van der Waals surface area contributed by atoms with Gasteiger partial charge in [0, 0.05) is 13.7 Å². The summed E-state index contributed by atoms with van der Waals surface area (Å²) in [4.78, 5) is 10.9. The second-order valence-corrected chi connectivity index (χ2v) is 4.83. The van der Waals surface area contributed by atoms with E-state index in [2.05, 4.69) is 10.4 Å². The number of ether oxygens (including phenoxy) is 1. The molecule has 106 valence electrons. The van der Waals surface area contributed by atoms with E-state index in [0.29, 0.717) is 24.5 Å². The Morgan fingerprint density at radius 1 is 1.63 bits per heavy atom. The number of anilines is 1. The van der Waals surface area contributed by atoms with Crippen molar-refractivity contribution < 1.29 is 9.66 Å². The van der Waals surface area contributed by atoms with Gasteiger partial charge >= 0.3 is 5.69 Å². The van der Waals surface area contributed by atoms with Crippen LogP contribution in [0.4, 0.5) is 11.5 Å². The van der Waals surface area contributed by atoms with Crippen LogP contribution in [0, 0.1) is 10.1 Å². The Kier molecular flexibility index (Phi) is 4.36. The zero-order valence-electron chi connectivity index (χ0n) is 11.4. The van der Waals surface area contributed by atoms with Crippen LogP contribution in [0.1, 0.15) is 31.9 Å². The normalized spacial score (nSPS) is 19.4. The largest absolute Gasteiger partial charge is 0.379 e. The highest BCUT2D eigenvalue weighted by Gasteiger charge is 2.28. The fourth-order valence-electron chi connectivity index (χ4n) is 2.38. The first-order valence-corrected chi connectivity index (χ1v) is 6.68. The molecule has 1 aromatic rings. The highest BCUT2D eigenvalue weighted by atomic mass is 16.6. The molecule has 7 heteroatoms. The van der Waals surface area contributed by atoms with Crippen molar-refractivity contribution in [3.8, 4) is 0 Å². The Labute approximate surface area is 112 Å². The third-order valence-corrected chi connectivity index (χ3v) is 3.26. The zero-order chi connectivity index (χ0) is 13.8. The average Bonchev–Trinajstić information content (AvgIpc) is 2.68. The molecule has 1 saturated heterocycles. The standard InChI is InChI=1S/C12H20N4O3/c1-3-5-10-11(16(17)18)12(15(2)14-10)13-9-6-4-7-19-8-9/h9,13H,3-8H2,1-2H3. The van der Waals surface area contributed by atoms with Crippen molar-refractivity contribution >= 4 is 11.5 Å². The maximum absolute atomic E-state index is 11.3. The van der Waals surface area contributed by atoms with Gasteiger partial charge < -0.3 is 10.1 Å². The molecule has 0 aliphatic carbocycles. The van der Waals surface area contributed by atoms with E-state index >= 15 is 0 Å². The molecule has 0 saturated carbocycles. The maximum atomic E-state index is 11.3. The molecule has 0 spiro atoms. The molecule has 1 fully saturated rings. The van der Waals surface area contributed by atoms with Crippen LogP contribution >= 0.6 is 0 Å². The molecule has 2 rings (SSSR count). The molecule has 0 radical (unpaired) electrons. The predicted molar refractivity (Wildman–Crippen MR) is 71.3 cm³/mol. The molecule has 1 aliphatic rings. The number of nitro groups is 1. The van der Waals surface area contributed by atoms with Crippen molar-refractivity contribution in [3.05, 3.63) is 15.8 Å². The summed E-state index contributed by atoms with van der Waals surface area (Å²) in [5.41, 5.74) is 0.657. The first-order valence-electron chi connectivity index (χ1n) is 6.68. The molecule has 0 bridgehead atoms. The van der Waals surface area contributed by atoms with Crippen LogP contribution in [-0.2, 0) is 18.2 Å². The molecule has 2 heterocycles.